The van der Waals surface area contributed by atoms with Crippen molar-refractivity contribution in [2.75, 3.05) is 0 Å². The van der Waals surface area contributed by atoms with Crippen LogP contribution in [0.15, 0.2) is 133 Å². The summed E-state index contributed by atoms with van der Waals surface area (Å²) in [5.74, 6) is 0. The number of benzene rings is 7. The van der Waals surface area contributed by atoms with Gasteiger partial charge in [-0.1, -0.05) is 109 Å². The minimum absolute atomic E-state index is 0.858. The maximum atomic E-state index is 4.93. The van der Waals surface area contributed by atoms with E-state index in [2.05, 4.69) is 147 Å². The number of hydrogen-bond donors (Lipinski definition) is 0. The first-order valence-corrected chi connectivity index (χ1v) is 17.6. The number of fused-ring (bicyclic) bond motifs is 4. The molecule has 0 aliphatic carbocycles. The summed E-state index contributed by atoms with van der Waals surface area (Å²) in [6, 6.07) is 48.7. The maximum Gasteiger partial charge on any atom is 0.124 e. The van der Waals surface area contributed by atoms with Crippen molar-refractivity contribution < 1.29 is 0 Å². The van der Waals surface area contributed by atoms with Crippen molar-refractivity contribution >= 4 is 64.7 Å². The summed E-state index contributed by atoms with van der Waals surface area (Å²) < 4.78 is 2.47. The molecule has 0 radical (unpaired) electrons. The van der Waals surface area contributed by atoms with Gasteiger partial charge in [0.2, 0.25) is 0 Å². The zero-order chi connectivity index (χ0) is 31.5. The van der Waals surface area contributed by atoms with Crippen LogP contribution < -0.4 is 0 Å². The van der Waals surface area contributed by atoms with Gasteiger partial charge in [-0.25, -0.2) is 9.97 Å². The molecular formula is C43H30N2S2. The highest BCUT2D eigenvalue weighted by atomic mass is 32.1. The van der Waals surface area contributed by atoms with Gasteiger partial charge in [-0.05, 0) is 99.5 Å². The van der Waals surface area contributed by atoms with Crippen molar-refractivity contribution in [3.8, 4) is 32.3 Å². The van der Waals surface area contributed by atoms with Gasteiger partial charge >= 0.3 is 0 Å². The summed E-state index contributed by atoms with van der Waals surface area (Å²) in [5, 5.41) is 7.31. The fraction of sp³-hybridized carbons (Fsp3) is 0.0698. The predicted octanol–water partition coefficient (Wildman–Crippen LogP) is 12.4. The Morgan fingerprint density at radius 2 is 0.915 bits per heavy atom. The molecule has 9 rings (SSSR count). The maximum absolute atomic E-state index is 4.93. The lowest BCUT2D eigenvalue weighted by molar-refractivity contribution is 1.23. The molecule has 0 saturated carbocycles. The second kappa shape index (κ2) is 11.3. The van der Waals surface area contributed by atoms with Crippen molar-refractivity contribution in [1.29, 1.82) is 0 Å². The van der Waals surface area contributed by atoms with Crippen LogP contribution in [0, 0.1) is 13.8 Å². The largest absolute Gasteiger partial charge is 0.236 e. The molecule has 0 saturated heterocycles. The van der Waals surface area contributed by atoms with E-state index in [1.807, 2.05) is 0 Å². The molecule has 0 atom stereocenters. The van der Waals surface area contributed by atoms with E-state index in [4.69, 9.17) is 9.97 Å². The highest BCUT2D eigenvalue weighted by molar-refractivity contribution is 7.22. The molecule has 2 nitrogen and oxygen atoms in total. The summed E-state index contributed by atoms with van der Waals surface area (Å²) in [7, 11) is 0. The Morgan fingerprint density at radius 3 is 1.43 bits per heavy atom. The molecule has 0 aliphatic heterocycles. The van der Waals surface area contributed by atoms with E-state index >= 15 is 0 Å². The number of aromatic nitrogens is 2. The number of thiazole rings is 2. The topological polar surface area (TPSA) is 25.8 Å². The summed E-state index contributed by atoms with van der Waals surface area (Å²) in [6.45, 7) is 4.27. The Hall–Kier alpha value is -5.16. The molecule has 9 aromatic rings. The number of aryl methyl sites for hydroxylation is 2. The molecule has 0 aliphatic rings. The first kappa shape index (κ1) is 28.1. The molecule has 0 unspecified atom stereocenters. The van der Waals surface area contributed by atoms with E-state index in [0.29, 0.717) is 0 Å². The van der Waals surface area contributed by atoms with E-state index in [9.17, 15) is 0 Å². The van der Waals surface area contributed by atoms with Gasteiger partial charge in [-0.3, -0.25) is 0 Å². The van der Waals surface area contributed by atoms with Gasteiger partial charge in [0, 0.05) is 11.1 Å². The molecular weight excluding hydrogens is 609 g/mol. The third-order valence-electron chi connectivity index (χ3n) is 9.13. The van der Waals surface area contributed by atoms with E-state index in [1.165, 1.54) is 69.9 Å². The average Bonchev–Trinajstić information content (AvgIpc) is 3.73. The van der Waals surface area contributed by atoms with Gasteiger partial charge in [-0.15, -0.1) is 22.7 Å². The zero-order valence-electron chi connectivity index (χ0n) is 26.1. The lowest BCUT2D eigenvalue weighted by atomic mass is 9.86. The van der Waals surface area contributed by atoms with Gasteiger partial charge in [0.25, 0.3) is 0 Å². The quantitative estimate of drug-likeness (QED) is 0.175. The van der Waals surface area contributed by atoms with Gasteiger partial charge in [0.15, 0.2) is 0 Å². The molecule has 4 heteroatoms. The molecule has 2 heterocycles. The predicted molar refractivity (Wildman–Crippen MR) is 203 cm³/mol. The Labute approximate surface area is 281 Å². The lowest BCUT2D eigenvalue weighted by Crippen LogP contribution is -1.95. The van der Waals surface area contributed by atoms with Crippen LogP contribution in [0.4, 0.5) is 0 Å². The van der Waals surface area contributed by atoms with Crippen LogP contribution in [0.5, 0.6) is 0 Å². The monoisotopic (exact) mass is 638 g/mol. The van der Waals surface area contributed by atoms with Crippen LogP contribution in [0.3, 0.4) is 0 Å². The third-order valence-corrected chi connectivity index (χ3v) is 11.3. The van der Waals surface area contributed by atoms with Gasteiger partial charge < -0.3 is 0 Å². The van der Waals surface area contributed by atoms with Crippen molar-refractivity contribution in [2.45, 2.75) is 20.3 Å². The zero-order valence-corrected chi connectivity index (χ0v) is 27.8. The molecule has 7 aromatic carbocycles. The van der Waals surface area contributed by atoms with Crippen LogP contribution >= 0.6 is 22.7 Å². The number of nitrogens with zero attached hydrogens (tertiary/aromatic N) is 2. The SMILES string of the molecule is Cc1ccc2nc(-c3ccc(Cc4c5ccccc5c(-c5ccc(-c6nc7ccc(C)cc7s6)cc5)c5ccccc45)cc3)sc2c1. The molecule has 2 aromatic heterocycles. The summed E-state index contributed by atoms with van der Waals surface area (Å²) >= 11 is 3.53. The van der Waals surface area contributed by atoms with Crippen LogP contribution in [0.1, 0.15) is 22.3 Å². The van der Waals surface area contributed by atoms with E-state index in [-0.39, 0.29) is 0 Å². The standard InChI is InChI=1S/C43H30N2S2/c1-26-11-21-37-39(23-26)46-42(44-37)30-15-13-28(14-16-30)25-36-32-7-3-5-9-34(32)41(35-10-6-4-8-33(35)36)29-17-19-31(20-18-29)43-45-38-22-12-27(2)24-40(38)47-43/h3-24H,25H2,1-2H3. The summed E-state index contributed by atoms with van der Waals surface area (Å²) in [4.78, 5) is 9.84. The average molecular weight is 639 g/mol. The smallest absolute Gasteiger partial charge is 0.124 e. The minimum Gasteiger partial charge on any atom is -0.236 e. The van der Waals surface area contributed by atoms with Crippen LogP contribution in [-0.2, 0) is 6.42 Å². The van der Waals surface area contributed by atoms with Gasteiger partial charge in [0.05, 0.1) is 20.4 Å². The fourth-order valence-corrected chi connectivity index (χ4v) is 8.92. The normalized spacial score (nSPS) is 11.7. The molecule has 0 bridgehead atoms. The molecule has 224 valence electrons. The van der Waals surface area contributed by atoms with Gasteiger partial charge in [-0.2, -0.15) is 0 Å². The highest BCUT2D eigenvalue weighted by Gasteiger charge is 2.16. The van der Waals surface area contributed by atoms with E-state index in [1.54, 1.807) is 22.7 Å². The van der Waals surface area contributed by atoms with Crippen molar-refractivity contribution in [1.82, 2.24) is 9.97 Å². The fourth-order valence-electron chi connectivity index (χ4n) is 6.78. The molecule has 0 spiro atoms. The minimum atomic E-state index is 0.858. The Kier molecular flexibility index (Phi) is 6.74. The van der Waals surface area contributed by atoms with Crippen molar-refractivity contribution in [2.24, 2.45) is 0 Å². The second-order valence-electron chi connectivity index (χ2n) is 12.4. The molecule has 0 amide bonds. The highest BCUT2D eigenvalue weighted by Crippen LogP contribution is 2.41. The third kappa shape index (κ3) is 5.01. The van der Waals surface area contributed by atoms with Crippen LogP contribution in [0.25, 0.3) is 74.2 Å². The van der Waals surface area contributed by atoms with E-state index in [0.717, 1.165) is 33.0 Å². The van der Waals surface area contributed by atoms with Gasteiger partial charge in [0.1, 0.15) is 10.0 Å². The molecule has 47 heavy (non-hydrogen) atoms. The second-order valence-corrected chi connectivity index (χ2v) is 14.4. The Balaban J connectivity index is 1.10. The summed E-state index contributed by atoms with van der Waals surface area (Å²) in [6.07, 6.45) is 0.858. The number of hydrogen-bond acceptors (Lipinski definition) is 4. The lowest BCUT2D eigenvalue weighted by Gasteiger charge is -2.18. The number of rotatable bonds is 5. The Bertz CT molecular complexity index is 2550. The first-order chi connectivity index (χ1) is 23.1. The first-order valence-electron chi connectivity index (χ1n) is 15.9. The van der Waals surface area contributed by atoms with Crippen molar-refractivity contribution in [3.63, 3.8) is 0 Å². The molecule has 0 fully saturated rings. The van der Waals surface area contributed by atoms with Crippen LogP contribution in [-0.4, -0.2) is 9.97 Å². The Morgan fingerprint density at radius 1 is 0.468 bits per heavy atom. The van der Waals surface area contributed by atoms with E-state index < -0.39 is 0 Å². The van der Waals surface area contributed by atoms with Crippen LogP contribution in [0.2, 0.25) is 0 Å². The molecule has 0 N–H and O–H groups in total. The van der Waals surface area contributed by atoms with Crippen molar-refractivity contribution in [3.05, 3.63) is 156 Å². The summed E-state index contributed by atoms with van der Waals surface area (Å²) in [5.41, 5.74) is 12.2.